The van der Waals surface area contributed by atoms with Crippen molar-refractivity contribution in [2.75, 3.05) is 0 Å². The molecule has 2 saturated carbocycles. The number of aromatic nitrogens is 2. The van der Waals surface area contributed by atoms with E-state index in [1.165, 1.54) is 25.7 Å². The quantitative estimate of drug-likeness (QED) is 0.782. The Morgan fingerprint density at radius 3 is 2.86 bits per heavy atom. The van der Waals surface area contributed by atoms with Crippen LogP contribution >= 0.6 is 0 Å². The zero-order chi connectivity index (χ0) is 9.38. The monoisotopic (exact) mass is 189 g/mol. The van der Waals surface area contributed by atoms with E-state index in [4.69, 9.17) is 0 Å². The minimum absolute atomic E-state index is 0.663. The van der Waals surface area contributed by atoms with E-state index in [0.29, 0.717) is 5.92 Å². The van der Waals surface area contributed by atoms with Crippen molar-refractivity contribution in [3.63, 3.8) is 0 Å². The summed E-state index contributed by atoms with van der Waals surface area (Å²) in [6, 6.07) is 2.77. The van der Waals surface area contributed by atoms with Gasteiger partial charge in [-0.1, -0.05) is 0 Å². The molecule has 2 fully saturated rings. The van der Waals surface area contributed by atoms with Gasteiger partial charge in [-0.3, -0.25) is 0 Å². The molecule has 74 valence electrons. The molecule has 3 rings (SSSR count). The highest BCUT2D eigenvalue weighted by atomic mass is 15.0. The highest BCUT2D eigenvalue weighted by Gasteiger charge is 2.26. The molecule has 0 bridgehead atoms. The number of nitrogens with zero attached hydrogens (tertiary/aromatic N) is 2. The van der Waals surface area contributed by atoms with Crippen LogP contribution in [0.1, 0.15) is 43.1 Å². The first-order valence-electron chi connectivity index (χ1n) is 5.47. The molecule has 1 aromatic heterocycles. The number of nitrogens with one attached hydrogen (secondary N) is 1. The van der Waals surface area contributed by atoms with Gasteiger partial charge in [0.2, 0.25) is 0 Å². The van der Waals surface area contributed by atoms with Crippen molar-refractivity contribution in [3.05, 3.63) is 23.8 Å². The van der Waals surface area contributed by atoms with Crippen LogP contribution in [0.15, 0.2) is 12.3 Å². The third kappa shape index (κ3) is 1.93. The molecule has 0 saturated heterocycles. The predicted octanol–water partition coefficient (Wildman–Crippen LogP) is 1.61. The van der Waals surface area contributed by atoms with Gasteiger partial charge in [0.15, 0.2) is 0 Å². The lowest BCUT2D eigenvalue weighted by atomic mass is 10.3. The van der Waals surface area contributed by atoms with Gasteiger partial charge < -0.3 is 5.32 Å². The fourth-order valence-electron chi connectivity index (χ4n) is 1.59. The van der Waals surface area contributed by atoms with Gasteiger partial charge in [-0.15, -0.1) is 0 Å². The first-order valence-corrected chi connectivity index (χ1v) is 5.47. The standard InChI is InChI=1S/C11H15N3/c1-2-8(1)11-12-6-5-10(14-11)7-13-9-3-4-9/h5-6,8-9,13H,1-4,7H2. The van der Waals surface area contributed by atoms with Crippen molar-refractivity contribution >= 4 is 0 Å². The third-order valence-electron chi connectivity index (χ3n) is 2.82. The fourth-order valence-corrected chi connectivity index (χ4v) is 1.59. The van der Waals surface area contributed by atoms with E-state index < -0.39 is 0 Å². The Morgan fingerprint density at radius 2 is 2.14 bits per heavy atom. The average Bonchev–Trinajstić information content (AvgIpc) is 3.06. The summed E-state index contributed by atoms with van der Waals surface area (Å²) in [6.07, 6.45) is 7.12. The molecule has 14 heavy (non-hydrogen) atoms. The molecule has 0 spiro atoms. The molecule has 2 aliphatic rings. The van der Waals surface area contributed by atoms with Crippen LogP contribution in [0.2, 0.25) is 0 Å². The molecule has 2 aliphatic carbocycles. The maximum atomic E-state index is 4.56. The summed E-state index contributed by atoms with van der Waals surface area (Å²) < 4.78 is 0. The SMILES string of the molecule is c1cc(CNC2CC2)nc(C2CC2)n1. The van der Waals surface area contributed by atoms with Crippen LogP contribution in [0.5, 0.6) is 0 Å². The molecule has 0 amide bonds. The highest BCUT2D eigenvalue weighted by Crippen LogP contribution is 2.37. The first kappa shape index (κ1) is 8.36. The van der Waals surface area contributed by atoms with Crippen LogP contribution in [0.25, 0.3) is 0 Å². The number of rotatable bonds is 4. The summed E-state index contributed by atoms with van der Waals surface area (Å²) in [5.74, 6) is 1.72. The number of hydrogen-bond acceptors (Lipinski definition) is 3. The second-order valence-corrected chi connectivity index (χ2v) is 4.34. The second kappa shape index (κ2) is 3.31. The van der Waals surface area contributed by atoms with Crippen molar-refractivity contribution < 1.29 is 0 Å². The lowest BCUT2D eigenvalue weighted by Gasteiger charge is -2.03. The molecule has 1 N–H and O–H groups in total. The lowest BCUT2D eigenvalue weighted by molar-refractivity contribution is 0.667. The molecule has 0 atom stereocenters. The summed E-state index contributed by atoms with van der Waals surface area (Å²) in [6.45, 7) is 0.910. The average molecular weight is 189 g/mol. The predicted molar refractivity (Wildman–Crippen MR) is 53.9 cm³/mol. The molecular formula is C11H15N3. The van der Waals surface area contributed by atoms with Gasteiger partial charge in [-0.2, -0.15) is 0 Å². The Hall–Kier alpha value is -0.960. The van der Waals surface area contributed by atoms with E-state index in [1.807, 2.05) is 12.3 Å². The van der Waals surface area contributed by atoms with Crippen LogP contribution in [0.4, 0.5) is 0 Å². The summed E-state index contributed by atoms with van der Waals surface area (Å²) in [5, 5.41) is 3.47. The van der Waals surface area contributed by atoms with Crippen LogP contribution in [-0.4, -0.2) is 16.0 Å². The van der Waals surface area contributed by atoms with Gasteiger partial charge >= 0.3 is 0 Å². The maximum Gasteiger partial charge on any atom is 0.131 e. The van der Waals surface area contributed by atoms with Gasteiger partial charge in [0, 0.05) is 24.7 Å². The topological polar surface area (TPSA) is 37.8 Å². The van der Waals surface area contributed by atoms with Gasteiger partial charge in [0.05, 0.1) is 5.69 Å². The molecular weight excluding hydrogens is 174 g/mol. The van der Waals surface area contributed by atoms with Crippen molar-refractivity contribution in [3.8, 4) is 0 Å². The van der Waals surface area contributed by atoms with E-state index in [0.717, 1.165) is 24.1 Å². The van der Waals surface area contributed by atoms with Crippen LogP contribution in [0, 0.1) is 0 Å². The fraction of sp³-hybridized carbons (Fsp3) is 0.636. The Balaban J connectivity index is 1.66. The minimum atomic E-state index is 0.663. The Kier molecular flexibility index (Phi) is 1.98. The van der Waals surface area contributed by atoms with Crippen LogP contribution < -0.4 is 5.32 Å². The van der Waals surface area contributed by atoms with Gasteiger partial charge in [0.25, 0.3) is 0 Å². The summed E-state index contributed by atoms with van der Waals surface area (Å²) in [7, 11) is 0. The summed E-state index contributed by atoms with van der Waals surface area (Å²) >= 11 is 0. The van der Waals surface area contributed by atoms with Crippen molar-refractivity contribution in [2.45, 2.75) is 44.2 Å². The van der Waals surface area contributed by atoms with Gasteiger partial charge in [-0.25, -0.2) is 9.97 Å². The Labute approximate surface area is 84.0 Å². The van der Waals surface area contributed by atoms with Gasteiger partial charge in [-0.05, 0) is 31.7 Å². The normalized spacial score (nSPS) is 21.1. The van der Waals surface area contributed by atoms with Crippen LogP contribution in [0.3, 0.4) is 0 Å². The number of hydrogen-bond donors (Lipinski definition) is 1. The molecule has 0 radical (unpaired) electrons. The molecule has 1 aromatic rings. The van der Waals surface area contributed by atoms with Crippen LogP contribution in [-0.2, 0) is 6.54 Å². The Morgan fingerprint density at radius 1 is 1.29 bits per heavy atom. The molecule has 3 nitrogen and oxygen atoms in total. The lowest BCUT2D eigenvalue weighted by Crippen LogP contribution is -2.16. The molecule has 1 heterocycles. The highest BCUT2D eigenvalue weighted by molar-refractivity contribution is 5.10. The molecule has 0 aromatic carbocycles. The maximum absolute atomic E-state index is 4.56. The van der Waals surface area contributed by atoms with Crippen molar-refractivity contribution in [1.29, 1.82) is 0 Å². The van der Waals surface area contributed by atoms with E-state index in [9.17, 15) is 0 Å². The van der Waals surface area contributed by atoms with Gasteiger partial charge in [0.1, 0.15) is 5.82 Å². The van der Waals surface area contributed by atoms with Crippen molar-refractivity contribution in [1.82, 2.24) is 15.3 Å². The zero-order valence-corrected chi connectivity index (χ0v) is 8.24. The smallest absolute Gasteiger partial charge is 0.131 e. The molecule has 3 heteroatoms. The summed E-state index contributed by atoms with van der Waals surface area (Å²) in [5.41, 5.74) is 1.15. The first-order chi connectivity index (χ1) is 6.92. The second-order valence-electron chi connectivity index (χ2n) is 4.34. The minimum Gasteiger partial charge on any atom is -0.308 e. The zero-order valence-electron chi connectivity index (χ0n) is 8.24. The molecule has 0 aliphatic heterocycles. The Bertz CT molecular complexity index is 329. The third-order valence-corrected chi connectivity index (χ3v) is 2.82. The van der Waals surface area contributed by atoms with E-state index >= 15 is 0 Å². The summed E-state index contributed by atoms with van der Waals surface area (Å²) in [4.78, 5) is 8.87. The van der Waals surface area contributed by atoms with Crippen molar-refractivity contribution in [2.24, 2.45) is 0 Å². The van der Waals surface area contributed by atoms with E-state index in [-0.39, 0.29) is 0 Å². The molecule has 0 unspecified atom stereocenters. The largest absolute Gasteiger partial charge is 0.308 e. The van der Waals surface area contributed by atoms with E-state index in [2.05, 4.69) is 15.3 Å². The van der Waals surface area contributed by atoms with E-state index in [1.54, 1.807) is 0 Å².